The third-order valence-corrected chi connectivity index (χ3v) is 1.86. The van der Waals surface area contributed by atoms with E-state index in [2.05, 4.69) is 10.3 Å². The molecule has 2 N–H and O–H groups in total. The van der Waals surface area contributed by atoms with Crippen LogP contribution in [0.3, 0.4) is 0 Å². The molecule has 1 aromatic rings. The SMILES string of the molecule is Cn1cc(CCCCC(=O)NO)nn1. The number of rotatable bonds is 5. The normalized spacial score (nSPS) is 10.1. The lowest BCUT2D eigenvalue weighted by atomic mass is 10.1. The molecule has 0 bridgehead atoms. The highest BCUT2D eigenvalue weighted by molar-refractivity contribution is 5.74. The van der Waals surface area contributed by atoms with Gasteiger partial charge in [0.15, 0.2) is 0 Å². The summed E-state index contributed by atoms with van der Waals surface area (Å²) in [6.07, 6.45) is 4.62. The fourth-order valence-electron chi connectivity index (χ4n) is 1.16. The molecule has 0 aliphatic heterocycles. The topological polar surface area (TPSA) is 80.0 Å². The summed E-state index contributed by atoms with van der Waals surface area (Å²) < 4.78 is 1.65. The third-order valence-electron chi connectivity index (χ3n) is 1.86. The van der Waals surface area contributed by atoms with Gasteiger partial charge in [-0.1, -0.05) is 5.21 Å². The van der Waals surface area contributed by atoms with Crippen molar-refractivity contribution in [2.75, 3.05) is 0 Å². The van der Waals surface area contributed by atoms with Gasteiger partial charge in [0.25, 0.3) is 0 Å². The zero-order chi connectivity index (χ0) is 10.4. The fourth-order valence-corrected chi connectivity index (χ4v) is 1.16. The molecule has 0 aliphatic carbocycles. The van der Waals surface area contributed by atoms with Crippen molar-refractivity contribution in [1.29, 1.82) is 0 Å². The van der Waals surface area contributed by atoms with Crippen LogP contribution in [0.4, 0.5) is 0 Å². The van der Waals surface area contributed by atoms with Gasteiger partial charge in [-0.05, 0) is 19.3 Å². The largest absolute Gasteiger partial charge is 0.289 e. The van der Waals surface area contributed by atoms with E-state index in [1.807, 2.05) is 13.2 Å². The lowest BCUT2D eigenvalue weighted by molar-refractivity contribution is -0.129. The molecular formula is C8H14N4O2. The average molecular weight is 198 g/mol. The van der Waals surface area contributed by atoms with Crippen LogP contribution in [-0.4, -0.2) is 26.1 Å². The summed E-state index contributed by atoms with van der Waals surface area (Å²) in [5.41, 5.74) is 2.52. The number of amides is 1. The first-order chi connectivity index (χ1) is 6.72. The number of hydrogen-bond acceptors (Lipinski definition) is 4. The molecule has 0 unspecified atom stereocenters. The minimum atomic E-state index is -0.343. The molecule has 0 saturated carbocycles. The highest BCUT2D eigenvalue weighted by Gasteiger charge is 2.01. The van der Waals surface area contributed by atoms with Gasteiger partial charge >= 0.3 is 0 Å². The van der Waals surface area contributed by atoms with E-state index < -0.39 is 0 Å². The number of carbonyl (C=O) groups excluding carboxylic acids is 1. The quantitative estimate of drug-likeness (QED) is 0.397. The zero-order valence-electron chi connectivity index (χ0n) is 8.10. The van der Waals surface area contributed by atoms with Crippen LogP contribution < -0.4 is 5.48 Å². The number of aromatic nitrogens is 3. The number of unbranched alkanes of at least 4 members (excludes halogenated alkanes) is 1. The Morgan fingerprint density at radius 3 is 3.00 bits per heavy atom. The minimum absolute atomic E-state index is 0.343. The van der Waals surface area contributed by atoms with Crippen molar-refractivity contribution in [3.05, 3.63) is 11.9 Å². The van der Waals surface area contributed by atoms with Crippen molar-refractivity contribution in [2.24, 2.45) is 7.05 Å². The maximum absolute atomic E-state index is 10.6. The van der Waals surface area contributed by atoms with E-state index in [0.717, 1.165) is 25.0 Å². The van der Waals surface area contributed by atoms with Crippen LogP contribution in [0.5, 0.6) is 0 Å². The number of nitrogens with one attached hydrogen (secondary N) is 1. The molecule has 1 rings (SSSR count). The van der Waals surface area contributed by atoms with Crippen LogP contribution in [0, 0.1) is 0 Å². The molecule has 0 radical (unpaired) electrons. The van der Waals surface area contributed by atoms with Crippen molar-refractivity contribution in [3.8, 4) is 0 Å². The number of nitrogens with zero attached hydrogens (tertiary/aromatic N) is 3. The third kappa shape index (κ3) is 3.53. The molecule has 0 spiro atoms. The van der Waals surface area contributed by atoms with Crippen LogP contribution in [0.15, 0.2) is 6.20 Å². The lowest BCUT2D eigenvalue weighted by Gasteiger charge is -1.97. The first-order valence-electron chi connectivity index (χ1n) is 4.50. The standard InChI is InChI=1S/C8H14N4O2/c1-12-6-7(9-11-12)4-2-3-5-8(13)10-14/h6,14H,2-5H2,1H3,(H,10,13). The Bertz CT molecular complexity index is 297. The van der Waals surface area contributed by atoms with Crippen molar-refractivity contribution in [2.45, 2.75) is 25.7 Å². The van der Waals surface area contributed by atoms with E-state index in [0.29, 0.717) is 6.42 Å². The predicted octanol–water partition coefficient (Wildman–Crippen LogP) is 0.0333. The van der Waals surface area contributed by atoms with Gasteiger partial charge in [-0.3, -0.25) is 14.7 Å². The molecule has 1 aromatic heterocycles. The Labute approximate surface area is 81.9 Å². The van der Waals surface area contributed by atoms with E-state index in [9.17, 15) is 4.79 Å². The summed E-state index contributed by atoms with van der Waals surface area (Å²) in [4.78, 5) is 10.6. The van der Waals surface area contributed by atoms with Crippen molar-refractivity contribution >= 4 is 5.91 Å². The summed E-state index contributed by atoms with van der Waals surface area (Å²) in [5, 5.41) is 15.9. The Morgan fingerprint density at radius 1 is 1.64 bits per heavy atom. The number of aryl methyl sites for hydroxylation is 2. The molecule has 78 valence electrons. The van der Waals surface area contributed by atoms with Crippen LogP contribution in [0.1, 0.15) is 25.0 Å². The van der Waals surface area contributed by atoms with E-state index in [1.165, 1.54) is 0 Å². The van der Waals surface area contributed by atoms with Crippen LogP contribution in [0.25, 0.3) is 0 Å². The molecule has 1 heterocycles. The Kier molecular flexibility index (Phi) is 4.06. The van der Waals surface area contributed by atoms with Gasteiger partial charge < -0.3 is 0 Å². The maximum atomic E-state index is 10.6. The first kappa shape index (κ1) is 10.6. The maximum Gasteiger partial charge on any atom is 0.243 e. The van der Waals surface area contributed by atoms with Gasteiger partial charge in [0, 0.05) is 19.7 Å². The van der Waals surface area contributed by atoms with Crippen molar-refractivity contribution in [3.63, 3.8) is 0 Å². The predicted molar refractivity (Wildman–Crippen MR) is 48.5 cm³/mol. The van der Waals surface area contributed by atoms with E-state index >= 15 is 0 Å². The summed E-state index contributed by atoms with van der Waals surface area (Å²) >= 11 is 0. The van der Waals surface area contributed by atoms with E-state index in [4.69, 9.17) is 5.21 Å². The second-order valence-electron chi connectivity index (χ2n) is 3.13. The van der Waals surface area contributed by atoms with Gasteiger partial charge in [0.2, 0.25) is 5.91 Å². The Balaban J connectivity index is 2.13. The van der Waals surface area contributed by atoms with E-state index in [1.54, 1.807) is 10.2 Å². The fraction of sp³-hybridized carbons (Fsp3) is 0.625. The number of carbonyl (C=O) groups is 1. The second-order valence-corrected chi connectivity index (χ2v) is 3.13. The Hall–Kier alpha value is -1.43. The molecule has 6 nitrogen and oxygen atoms in total. The summed E-state index contributed by atoms with van der Waals surface area (Å²) in [6, 6.07) is 0. The van der Waals surface area contributed by atoms with Gasteiger partial charge in [-0.2, -0.15) is 0 Å². The second kappa shape index (κ2) is 5.33. The molecule has 6 heteroatoms. The monoisotopic (exact) mass is 198 g/mol. The summed E-state index contributed by atoms with van der Waals surface area (Å²) in [5.74, 6) is -0.343. The molecule has 0 fully saturated rings. The van der Waals surface area contributed by atoms with Crippen LogP contribution >= 0.6 is 0 Å². The molecule has 0 aromatic carbocycles. The highest BCUT2D eigenvalue weighted by atomic mass is 16.5. The van der Waals surface area contributed by atoms with Gasteiger partial charge in [0.1, 0.15) is 0 Å². The van der Waals surface area contributed by atoms with E-state index in [-0.39, 0.29) is 5.91 Å². The molecule has 0 saturated heterocycles. The van der Waals surface area contributed by atoms with Gasteiger partial charge in [-0.25, -0.2) is 5.48 Å². The van der Waals surface area contributed by atoms with Crippen molar-refractivity contribution < 1.29 is 10.0 Å². The molecular weight excluding hydrogens is 184 g/mol. The highest BCUT2D eigenvalue weighted by Crippen LogP contribution is 2.02. The zero-order valence-corrected chi connectivity index (χ0v) is 8.10. The number of hydroxylamine groups is 1. The van der Waals surface area contributed by atoms with Crippen LogP contribution in [-0.2, 0) is 18.3 Å². The van der Waals surface area contributed by atoms with Crippen molar-refractivity contribution in [1.82, 2.24) is 20.5 Å². The average Bonchev–Trinajstić information content (AvgIpc) is 2.58. The molecule has 0 aliphatic rings. The molecule has 14 heavy (non-hydrogen) atoms. The lowest BCUT2D eigenvalue weighted by Crippen LogP contribution is -2.17. The smallest absolute Gasteiger partial charge is 0.243 e. The van der Waals surface area contributed by atoms with Gasteiger partial charge in [0.05, 0.1) is 5.69 Å². The molecule has 0 atom stereocenters. The minimum Gasteiger partial charge on any atom is -0.289 e. The molecule has 1 amide bonds. The first-order valence-corrected chi connectivity index (χ1v) is 4.50. The summed E-state index contributed by atoms with van der Waals surface area (Å²) in [7, 11) is 1.82. The Morgan fingerprint density at radius 2 is 2.43 bits per heavy atom. The number of hydrogen-bond donors (Lipinski definition) is 2. The summed E-state index contributed by atoms with van der Waals surface area (Å²) in [6.45, 7) is 0. The van der Waals surface area contributed by atoms with Crippen LogP contribution in [0.2, 0.25) is 0 Å². The van der Waals surface area contributed by atoms with Gasteiger partial charge in [-0.15, -0.1) is 5.10 Å².